The number of carboxylic acids is 1. The van der Waals surface area contributed by atoms with Crippen LogP contribution in [0.15, 0.2) is 18.2 Å². The molecule has 0 aliphatic heterocycles. The number of anilines is 1. The third-order valence-corrected chi connectivity index (χ3v) is 2.95. The summed E-state index contributed by atoms with van der Waals surface area (Å²) in [7, 11) is 0. The van der Waals surface area contributed by atoms with Crippen molar-refractivity contribution in [1.29, 1.82) is 0 Å². The summed E-state index contributed by atoms with van der Waals surface area (Å²) in [6.45, 7) is 1.66. The van der Waals surface area contributed by atoms with E-state index in [4.69, 9.17) is 10.8 Å². The van der Waals surface area contributed by atoms with Crippen molar-refractivity contribution in [3.63, 3.8) is 0 Å². The minimum atomic E-state index is -1.00. The minimum Gasteiger partial charge on any atom is -0.478 e. The van der Waals surface area contributed by atoms with Crippen molar-refractivity contribution in [2.24, 2.45) is 0 Å². The molecule has 5 nitrogen and oxygen atoms in total. The number of nitrogen functional groups attached to an aromatic ring is 1. The maximum absolute atomic E-state index is 13.0. The van der Waals surface area contributed by atoms with Crippen LogP contribution in [0.4, 0.5) is 10.1 Å². The van der Waals surface area contributed by atoms with Gasteiger partial charge in [-0.1, -0.05) is 6.07 Å². The molecule has 100 valence electrons. The Kier molecular flexibility index (Phi) is 3.50. The second-order valence-electron chi connectivity index (χ2n) is 4.33. The lowest BCUT2D eigenvalue weighted by atomic mass is 10.0. The molecule has 0 atom stereocenters. The van der Waals surface area contributed by atoms with Crippen LogP contribution in [0.3, 0.4) is 0 Å². The quantitative estimate of drug-likeness (QED) is 0.735. The number of carboxylic acid groups (broad SMARTS) is 1. The number of aryl methyl sites for hydroxylation is 3. The van der Waals surface area contributed by atoms with Crippen LogP contribution in [-0.4, -0.2) is 21.3 Å². The maximum atomic E-state index is 13.0. The van der Waals surface area contributed by atoms with Crippen LogP contribution in [0, 0.1) is 12.7 Å². The second-order valence-corrected chi connectivity index (χ2v) is 4.33. The number of aromatic carboxylic acids is 1. The van der Waals surface area contributed by atoms with Crippen molar-refractivity contribution in [3.8, 4) is 0 Å². The summed E-state index contributed by atoms with van der Waals surface area (Å²) in [6.07, 6.45) is 1.01. The lowest BCUT2D eigenvalue weighted by Gasteiger charge is -2.03. The molecule has 0 saturated heterocycles. The summed E-state index contributed by atoms with van der Waals surface area (Å²) >= 11 is 0. The topological polar surface area (TPSA) is 92.0 Å². The standard InChI is InChI=1S/C13H14FN3O2/c1-7-12(13(18)19)11(17-16-7)5-3-8-2-4-9(14)10(15)6-8/h2,4,6H,3,5,15H2,1H3,(H,16,17)(H,18,19). The number of H-pyrrole nitrogens is 1. The van der Waals surface area contributed by atoms with E-state index in [1.54, 1.807) is 19.1 Å². The molecule has 0 saturated carbocycles. The highest BCUT2D eigenvalue weighted by Crippen LogP contribution is 2.16. The first-order valence-electron chi connectivity index (χ1n) is 5.80. The van der Waals surface area contributed by atoms with Gasteiger partial charge in [-0.2, -0.15) is 5.10 Å². The zero-order chi connectivity index (χ0) is 14.0. The van der Waals surface area contributed by atoms with E-state index in [-0.39, 0.29) is 11.3 Å². The molecule has 1 aromatic carbocycles. The van der Waals surface area contributed by atoms with E-state index in [2.05, 4.69) is 10.2 Å². The van der Waals surface area contributed by atoms with Gasteiger partial charge in [0.2, 0.25) is 0 Å². The first kappa shape index (κ1) is 13.1. The normalized spacial score (nSPS) is 10.6. The molecule has 0 aliphatic rings. The Morgan fingerprint density at radius 3 is 2.84 bits per heavy atom. The van der Waals surface area contributed by atoms with Crippen LogP contribution < -0.4 is 5.73 Å². The van der Waals surface area contributed by atoms with Crippen molar-refractivity contribution in [2.75, 3.05) is 5.73 Å². The molecule has 0 unspecified atom stereocenters. The largest absolute Gasteiger partial charge is 0.478 e. The number of nitrogens with zero attached hydrogens (tertiary/aromatic N) is 1. The molecule has 0 spiro atoms. The fourth-order valence-corrected chi connectivity index (χ4v) is 1.96. The summed E-state index contributed by atoms with van der Waals surface area (Å²) in [4.78, 5) is 11.1. The van der Waals surface area contributed by atoms with Gasteiger partial charge >= 0.3 is 5.97 Å². The lowest BCUT2D eigenvalue weighted by molar-refractivity contribution is 0.0695. The van der Waals surface area contributed by atoms with Crippen LogP contribution in [0.25, 0.3) is 0 Å². The highest BCUT2D eigenvalue weighted by atomic mass is 19.1. The minimum absolute atomic E-state index is 0.0918. The molecular formula is C13H14FN3O2. The van der Waals surface area contributed by atoms with Crippen molar-refractivity contribution in [3.05, 3.63) is 46.5 Å². The van der Waals surface area contributed by atoms with Crippen LogP contribution >= 0.6 is 0 Å². The Morgan fingerprint density at radius 1 is 1.47 bits per heavy atom. The Labute approximate surface area is 109 Å². The number of halogens is 1. The van der Waals surface area contributed by atoms with Gasteiger partial charge in [0.1, 0.15) is 11.4 Å². The third-order valence-electron chi connectivity index (χ3n) is 2.95. The van der Waals surface area contributed by atoms with Gasteiger partial charge in [0.15, 0.2) is 0 Å². The summed E-state index contributed by atoms with van der Waals surface area (Å²) in [6, 6.07) is 4.49. The van der Waals surface area contributed by atoms with E-state index >= 15 is 0 Å². The molecule has 0 radical (unpaired) electrons. The summed E-state index contributed by atoms with van der Waals surface area (Å²) in [5, 5.41) is 15.7. The van der Waals surface area contributed by atoms with Crippen LogP contribution in [-0.2, 0) is 12.8 Å². The van der Waals surface area contributed by atoms with Gasteiger partial charge in [-0.05, 0) is 37.5 Å². The van der Waals surface area contributed by atoms with Crippen LogP contribution in [0.2, 0.25) is 0 Å². The summed E-state index contributed by atoms with van der Waals surface area (Å²) in [5.41, 5.74) is 7.64. The molecule has 1 aromatic heterocycles. The van der Waals surface area contributed by atoms with E-state index < -0.39 is 11.8 Å². The van der Waals surface area contributed by atoms with E-state index in [9.17, 15) is 9.18 Å². The number of nitrogens with two attached hydrogens (primary N) is 1. The highest BCUT2D eigenvalue weighted by molar-refractivity contribution is 5.90. The van der Waals surface area contributed by atoms with Crippen molar-refractivity contribution in [1.82, 2.24) is 10.2 Å². The molecule has 0 aliphatic carbocycles. The predicted octanol–water partition coefficient (Wildman–Crippen LogP) is 1.92. The van der Waals surface area contributed by atoms with Gasteiger partial charge in [-0.25, -0.2) is 9.18 Å². The fourth-order valence-electron chi connectivity index (χ4n) is 1.96. The number of hydrogen-bond donors (Lipinski definition) is 3. The Bertz CT molecular complexity index is 622. The zero-order valence-corrected chi connectivity index (χ0v) is 10.4. The number of rotatable bonds is 4. The number of benzene rings is 1. The molecule has 2 aromatic rings. The lowest BCUT2D eigenvalue weighted by Crippen LogP contribution is -2.03. The average Bonchev–Trinajstić information content (AvgIpc) is 2.72. The van der Waals surface area contributed by atoms with Gasteiger partial charge in [-0.15, -0.1) is 0 Å². The van der Waals surface area contributed by atoms with Crippen molar-refractivity contribution >= 4 is 11.7 Å². The maximum Gasteiger partial charge on any atom is 0.339 e. The number of carbonyl (C=O) groups is 1. The smallest absolute Gasteiger partial charge is 0.339 e. The van der Waals surface area contributed by atoms with E-state index in [1.807, 2.05) is 0 Å². The predicted molar refractivity (Wildman–Crippen MR) is 68.5 cm³/mol. The number of hydrogen-bond acceptors (Lipinski definition) is 3. The monoisotopic (exact) mass is 263 g/mol. The Hall–Kier alpha value is -2.37. The van der Waals surface area contributed by atoms with Gasteiger partial charge in [0, 0.05) is 5.69 Å². The molecule has 0 amide bonds. The zero-order valence-electron chi connectivity index (χ0n) is 10.4. The molecule has 2 rings (SSSR count). The molecular weight excluding hydrogens is 249 g/mol. The van der Waals surface area contributed by atoms with Crippen molar-refractivity contribution < 1.29 is 14.3 Å². The first-order valence-corrected chi connectivity index (χ1v) is 5.80. The van der Waals surface area contributed by atoms with Gasteiger partial charge in [0.05, 0.1) is 11.4 Å². The van der Waals surface area contributed by atoms with Gasteiger partial charge < -0.3 is 10.8 Å². The summed E-state index contributed by atoms with van der Waals surface area (Å²) in [5.74, 6) is -1.45. The third kappa shape index (κ3) is 2.73. The van der Waals surface area contributed by atoms with Crippen LogP contribution in [0.1, 0.15) is 27.3 Å². The number of aromatic amines is 1. The van der Waals surface area contributed by atoms with E-state index in [0.29, 0.717) is 24.2 Å². The van der Waals surface area contributed by atoms with Crippen molar-refractivity contribution in [2.45, 2.75) is 19.8 Å². The molecule has 6 heteroatoms. The molecule has 4 N–H and O–H groups in total. The van der Waals surface area contributed by atoms with Crippen LogP contribution in [0.5, 0.6) is 0 Å². The molecule has 19 heavy (non-hydrogen) atoms. The van der Waals surface area contributed by atoms with Gasteiger partial charge in [0.25, 0.3) is 0 Å². The second kappa shape index (κ2) is 5.09. The van der Waals surface area contributed by atoms with E-state index in [1.165, 1.54) is 6.07 Å². The summed E-state index contributed by atoms with van der Waals surface area (Å²) < 4.78 is 13.0. The Morgan fingerprint density at radius 2 is 2.21 bits per heavy atom. The highest BCUT2D eigenvalue weighted by Gasteiger charge is 2.16. The average molecular weight is 263 g/mol. The SMILES string of the molecule is Cc1[nH]nc(CCc2ccc(F)c(N)c2)c1C(=O)O. The van der Waals surface area contributed by atoms with Gasteiger partial charge in [-0.3, -0.25) is 5.10 Å². The fraction of sp³-hybridized carbons (Fsp3) is 0.231. The number of nitrogens with one attached hydrogen (secondary N) is 1. The Balaban J connectivity index is 2.14. The van der Waals surface area contributed by atoms with E-state index in [0.717, 1.165) is 5.56 Å². The molecule has 0 fully saturated rings. The molecule has 0 bridgehead atoms. The number of aromatic nitrogens is 2. The molecule has 1 heterocycles. The first-order chi connectivity index (χ1) is 8.99.